The summed E-state index contributed by atoms with van der Waals surface area (Å²) in [7, 11) is 0. The molecule has 0 fully saturated rings. The van der Waals surface area contributed by atoms with E-state index < -0.39 is 17.5 Å². The van der Waals surface area contributed by atoms with Crippen molar-refractivity contribution in [1.29, 1.82) is 0 Å². The highest BCUT2D eigenvalue weighted by Crippen LogP contribution is 2.36. The number of rotatable bonds is 2. The van der Waals surface area contributed by atoms with Gasteiger partial charge in [-0.15, -0.1) is 0 Å². The first kappa shape index (κ1) is 14.8. The first-order valence-corrected chi connectivity index (χ1v) is 7.66. The number of oxazole rings is 1. The van der Waals surface area contributed by atoms with Crippen molar-refractivity contribution in [3.8, 4) is 22.5 Å². The fraction of sp³-hybridized carbons (Fsp3) is 0. The summed E-state index contributed by atoms with van der Waals surface area (Å²) in [6.45, 7) is 0. The molecule has 2 aromatic carbocycles. The van der Waals surface area contributed by atoms with Crippen LogP contribution in [-0.2, 0) is 0 Å². The zero-order valence-electron chi connectivity index (χ0n) is 13.0. The number of aromatic nitrogens is 4. The molecule has 0 unspecified atom stereocenters. The van der Waals surface area contributed by atoms with Gasteiger partial charge in [-0.3, -0.25) is 9.50 Å². The molecular formula is C18H9F3N4O. The maximum Gasteiger partial charge on any atom is 0.306 e. The number of halogens is 3. The molecule has 8 heteroatoms. The maximum absolute atomic E-state index is 14.4. The van der Waals surface area contributed by atoms with E-state index in [1.165, 1.54) is 6.26 Å². The number of nitrogens with zero attached hydrogens (tertiary/aromatic N) is 3. The van der Waals surface area contributed by atoms with Crippen molar-refractivity contribution >= 4 is 16.7 Å². The summed E-state index contributed by atoms with van der Waals surface area (Å²) >= 11 is 0. The topological polar surface area (TPSA) is 59.1 Å². The number of hydrogen-bond acceptors (Lipinski definition) is 3. The highest BCUT2D eigenvalue weighted by molar-refractivity contribution is 5.88. The van der Waals surface area contributed by atoms with Gasteiger partial charge in [0, 0.05) is 22.7 Å². The molecular weight excluding hydrogens is 345 g/mol. The second-order valence-electron chi connectivity index (χ2n) is 5.76. The predicted octanol–water partition coefficient (Wildman–Crippen LogP) is 4.55. The van der Waals surface area contributed by atoms with Crippen LogP contribution in [0.4, 0.5) is 13.2 Å². The van der Waals surface area contributed by atoms with E-state index in [1.54, 1.807) is 22.9 Å². The van der Waals surface area contributed by atoms with E-state index in [-0.39, 0.29) is 17.1 Å². The van der Waals surface area contributed by atoms with E-state index in [0.717, 1.165) is 23.0 Å². The Morgan fingerprint density at radius 1 is 1.04 bits per heavy atom. The fourth-order valence-corrected chi connectivity index (χ4v) is 3.05. The molecule has 0 aliphatic rings. The third-order valence-corrected chi connectivity index (χ3v) is 4.27. The fourth-order valence-electron chi connectivity index (χ4n) is 3.05. The molecule has 128 valence electrons. The number of benzene rings is 2. The summed E-state index contributed by atoms with van der Waals surface area (Å²) in [4.78, 5) is 4.26. The van der Waals surface area contributed by atoms with Gasteiger partial charge in [-0.2, -0.15) is 10.1 Å². The van der Waals surface area contributed by atoms with Crippen LogP contribution in [0.25, 0.3) is 39.3 Å². The monoisotopic (exact) mass is 354 g/mol. The Hall–Kier alpha value is -3.55. The summed E-state index contributed by atoms with van der Waals surface area (Å²) < 4.78 is 48.3. The van der Waals surface area contributed by atoms with E-state index in [9.17, 15) is 13.2 Å². The maximum atomic E-state index is 14.4. The Morgan fingerprint density at radius 2 is 1.92 bits per heavy atom. The van der Waals surface area contributed by atoms with Crippen molar-refractivity contribution in [2.75, 3.05) is 0 Å². The van der Waals surface area contributed by atoms with Crippen LogP contribution < -0.4 is 0 Å². The summed E-state index contributed by atoms with van der Waals surface area (Å²) in [5, 5.41) is 7.67. The van der Waals surface area contributed by atoms with Crippen LogP contribution in [0, 0.1) is 17.5 Å². The third-order valence-electron chi connectivity index (χ3n) is 4.27. The smallest absolute Gasteiger partial charge is 0.306 e. The molecule has 0 radical (unpaired) electrons. The van der Waals surface area contributed by atoms with Crippen LogP contribution in [0.5, 0.6) is 0 Å². The van der Waals surface area contributed by atoms with Crippen molar-refractivity contribution in [1.82, 2.24) is 19.6 Å². The van der Waals surface area contributed by atoms with E-state index in [1.807, 2.05) is 12.1 Å². The molecule has 5 aromatic rings. The lowest BCUT2D eigenvalue weighted by molar-refractivity contribution is 0.449. The normalized spacial score (nSPS) is 11.7. The summed E-state index contributed by atoms with van der Waals surface area (Å²) in [5.74, 6) is -3.87. The SMILES string of the molecule is Fc1ccc(-c2nc3occn3c2-c2ccc3[nH]ncc3c2)c(F)c1F. The molecule has 5 rings (SSSR count). The van der Waals surface area contributed by atoms with Crippen LogP contribution >= 0.6 is 0 Å². The van der Waals surface area contributed by atoms with Gasteiger partial charge in [-0.05, 0) is 24.3 Å². The Kier molecular flexibility index (Phi) is 2.96. The minimum atomic E-state index is -1.54. The Morgan fingerprint density at radius 3 is 2.81 bits per heavy atom. The van der Waals surface area contributed by atoms with Crippen LogP contribution in [-0.4, -0.2) is 19.6 Å². The molecule has 0 amide bonds. The Labute approximate surface area is 143 Å². The van der Waals surface area contributed by atoms with E-state index in [2.05, 4.69) is 15.2 Å². The first-order valence-electron chi connectivity index (χ1n) is 7.66. The zero-order valence-corrected chi connectivity index (χ0v) is 13.0. The molecule has 1 N–H and O–H groups in total. The van der Waals surface area contributed by atoms with Crippen LogP contribution in [0.1, 0.15) is 0 Å². The number of H-pyrrole nitrogens is 1. The molecule has 3 heterocycles. The van der Waals surface area contributed by atoms with E-state index in [0.29, 0.717) is 11.3 Å². The van der Waals surface area contributed by atoms with Crippen LogP contribution in [0.15, 0.2) is 53.4 Å². The number of imidazole rings is 1. The number of fused-ring (bicyclic) bond motifs is 2. The summed E-state index contributed by atoms with van der Waals surface area (Å²) in [5.41, 5.74) is 2.05. The van der Waals surface area contributed by atoms with Gasteiger partial charge in [0.1, 0.15) is 12.0 Å². The van der Waals surface area contributed by atoms with E-state index in [4.69, 9.17) is 4.42 Å². The Bertz CT molecular complexity index is 1280. The molecule has 26 heavy (non-hydrogen) atoms. The van der Waals surface area contributed by atoms with Crippen molar-refractivity contribution in [2.24, 2.45) is 0 Å². The Balaban J connectivity index is 1.83. The predicted molar refractivity (Wildman–Crippen MR) is 87.9 cm³/mol. The largest absolute Gasteiger partial charge is 0.432 e. The van der Waals surface area contributed by atoms with Gasteiger partial charge in [-0.1, -0.05) is 6.07 Å². The molecule has 0 spiro atoms. The van der Waals surface area contributed by atoms with Gasteiger partial charge in [0.05, 0.1) is 17.4 Å². The van der Waals surface area contributed by atoms with Crippen molar-refractivity contribution < 1.29 is 17.6 Å². The van der Waals surface area contributed by atoms with E-state index >= 15 is 0 Å². The summed E-state index contributed by atoms with van der Waals surface area (Å²) in [6.07, 6.45) is 4.72. The summed E-state index contributed by atoms with van der Waals surface area (Å²) in [6, 6.07) is 7.50. The molecule has 0 saturated heterocycles. The van der Waals surface area contributed by atoms with Crippen molar-refractivity contribution in [3.63, 3.8) is 0 Å². The number of nitrogens with one attached hydrogen (secondary N) is 1. The lowest BCUT2D eigenvalue weighted by Gasteiger charge is -2.07. The molecule has 0 aliphatic carbocycles. The molecule has 0 atom stereocenters. The second-order valence-corrected chi connectivity index (χ2v) is 5.76. The van der Waals surface area contributed by atoms with Gasteiger partial charge in [0.15, 0.2) is 17.5 Å². The number of hydrogen-bond donors (Lipinski definition) is 1. The molecule has 0 bridgehead atoms. The second kappa shape index (κ2) is 5.22. The van der Waals surface area contributed by atoms with Gasteiger partial charge in [0.2, 0.25) is 0 Å². The first-order chi connectivity index (χ1) is 12.6. The van der Waals surface area contributed by atoms with Crippen molar-refractivity contribution in [3.05, 3.63) is 66.4 Å². The van der Waals surface area contributed by atoms with Crippen molar-refractivity contribution in [2.45, 2.75) is 0 Å². The van der Waals surface area contributed by atoms with Gasteiger partial charge in [0.25, 0.3) is 0 Å². The van der Waals surface area contributed by atoms with Crippen LogP contribution in [0.3, 0.4) is 0 Å². The highest BCUT2D eigenvalue weighted by atomic mass is 19.2. The average Bonchev–Trinajstić information content (AvgIpc) is 3.34. The molecule has 5 nitrogen and oxygen atoms in total. The number of aromatic amines is 1. The lowest BCUT2D eigenvalue weighted by Crippen LogP contribution is -1.96. The van der Waals surface area contributed by atoms with Crippen LogP contribution in [0.2, 0.25) is 0 Å². The third kappa shape index (κ3) is 1.98. The van der Waals surface area contributed by atoms with Gasteiger partial charge in [-0.25, -0.2) is 13.2 Å². The highest BCUT2D eigenvalue weighted by Gasteiger charge is 2.23. The minimum Gasteiger partial charge on any atom is -0.432 e. The lowest BCUT2D eigenvalue weighted by atomic mass is 10.0. The minimum absolute atomic E-state index is 0.148. The molecule has 0 aliphatic heterocycles. The zero-order chi connectivity index (χ0) is 17.8. The average molecular weight is 354 g/mol. The molecule has 0 saturated carbocycles. The van der Waals surface area contributed by atoms with Gasteiger partial charge < -0.3 is 4.42 Å². The standard InChI is InChI=1S/C18H9F3N4O/c19-12-3-2-11(14(20)15(12)21)16-17(25-5-6-26-18(25)23-16)9-1-4-13-10(7-9)8-22-24-13/h1-8H,(H,22,24). The quantitative estimate of drug-likeness (QED) is 0.473. The van der Waals surface area contributed by atoms with Gasteiger partial charge >= 0.3 is 5.84 Å². The molecule has 3 aromatic heterocycles.